The van der Waals surface area contributed by atoms with E-state index >= 15 is 0 Å². The second-order valence-corrected chi connectivity index (χ2v) is 3.54. The van der Waals surface area contributed by atoms with Gasteiger partial charge >= 0.3 is 0 Å². The van der Waals surface area contributed by atoms with Gasteiger partial charge in [-0.2, -0.15) is 4.37 Å². The third-order valence-corrected chi connectivity index (χ3v) is 2.73. The standard InChI is InChI=1S/C6H4BrN3OS/c1-11-5-3-4(7)8-2-9-6(3)12-10-5/h2H,1H3. The van der Waals surface area contributed by atoms with Gasteiger partial charge < -0.3 is 4.74 Å². The van der Waals surface area contributed by atoms with Crippen molar-refractivity contribution < 1.29 is 4.74 Å². The highest BCUT2D eigenvalue weighted by molar-refractivity contribution is 9.10. The zero-order chi connectivity index (χ0) is 8.55. The first-order valence-electron chi connectivity index (χ1n) is 3.13. The second kappa shape index (κ2) is 2.95. The topological polar surface area (TPSA) is 47.9 Å². The number of ether oxygens (including phenoxy) is 1. The summed E-state index contributed by atoms with van der Waals surface area (Å²) in [5.41, 5.74) is 0. The van der Waals surface area contributed by atoms with Gasteiger partial charge in [0.1, 0.15) is 16.3 Å². The molecule has 2 aromatic rings. The molecule has 6 heteroatoms. The van der Waals surface area contributed by atoms with Crippen LogP contribution in [0.15, 0.2) is 10.9 Å². The molecule has 0 aliphatic carbocycles. The van der Waals surface area contributed by atoms with Crippen LogP contribution < -0.4 is 4.74 Å². The van der Waals surface area contributed by atoms with Gasteiger partial charge in [-0.05, 0) is 27.5 Å². The minimum Gasteiger partial charge on any atom is -0.480 e. The Balaban J connectivity index is 2.83. The highest BCUT2D eigenvalue weighted by Gasteiger charge is 2.10. The molecule has 0 fully saturated rings. The molecule has 0 aliphatic heterocycles. The van der Waals surface area contributed by atoms with E-state index in [1.165, 1.54) is 17.9 Å². The number of rotatable bonds is 1. The summed E-state index contributed by atoms with van der Waals surface area (Å²) in [7, 11) is 1.58. The Labute approximate surface area is 80.9 Å². The molecule has 2 heterocycles. The lowest BCUT2D eigenvalue weighted by atomic mass is 10.4. The summed E-state index contributed by atoms with van der Waals surface area (Å²) in [6.07, 6.45) is 1.49. The molecule has 0 aliphatic rings. The number of methoxy groups -OCH3 is 1. The summed E-state index contributed by atoms with van der Waals surface area (Å²) >= 11 is 4.60. The number of halogens is 1. The minimum atomic E-state index is 0.572. The Hall–Kier alpha value is -0.750. The summed E-state index contributed by atoms with van der Waals surface area (Å²) in [6, 6.07) is 0. The van der Waals surface area contributed by atoms with Crippen molar-refractivity contribution in [2.45, 2.75) is 0 Å². The van der Waals surface area contributed by atoms with Crippen molar-refractivity contribution in [3.8, 4) is 5.88 Å². The highest BCUT2D eigenvalue weighted by atomic mass is 79.9. The van der Waals surface area contributed by atoms with E-state index < -0.39 is 0 Å². The summed E-state index contributed by atoms with van der Waals surface area (Å²) in [6.45, 7) is 0. The van der Waals surface area contributed by atoms with E-state index in [4.69, 9.17) is 4.74 Å². The Morgan fingerprint density at radius 2 is 2.33 bits per heavy atom. The molecule has 0 amide bonds. The van der Waals surface area contributed by atoms with Gasteiger partial charge in [0.2, 0.25) is 5.88 Å². The van der Waals surface area contributed by atoms with Crippen molar-refractivity contribution in [1.29, 1.82) is 0 Å². The molecular weight excluding hydrogens is 242 g/mol. The first kappa shape index (κ1) is 7.88. The monoisotopic (exact) mass is 245 g/mol. The predicted octanol–water partition coefficient (Wildman–Crippen LogP) is 1.86. The van der Waals surface area contributed by atoms with E-state index in [2.05, 4.69) is 30.3 Å². The minimum absolute atomic E-state index is 0.572. The van der Waals surface area contributed by atoms with Crippen LogP contribution in [0.1, 0.15) is 0 Å². The molecule has 0 unspecified atom stereocenters. The van der Waals surface area contributed by atoms with Crippen LogP contribution in [-0.4, -0.2) is 21.5 Å². The zero-order valence-electron chi connectivity index (χ0n) is 6.11. The third-order valence-electron chi connectivity index (χ3n) is 1.39. The van der Waals surface area contributed by atoms with Gasteiger partial charge in [-0.15, -0.1) is 0 Å². The second-order valence-electron chi connectivity index (χ2n) is 2.04. The smallest absolute Gasteiger partial charge is 0.237 e. The molecule has 0 atom stereocenters. The Kier molecular flexibility index (Phi) is 1.93. The Bertz CT molecular complexity index is 416. The van der Waals surface area contributed by atoms with Gasteiger partial charge in [-0.1, -0.05) is 0 Å². The van der Waals surface area contributed by atoms with E-state index in [0.29, 0.717) is 5.88 Å². The van der Waals surface area contributed by atoms with Crippen molar-refractivity contribution in [2.24, 2.45) is 0 Å². The molecule has 12 heavy (non-hydrogen) atoms. The molecule has 2 aromatic heterocycles. The van der Waals surface area contributed by atoms with Crippen molar-refractivity contribution in [3.05, 3.63) is 10.9 Å². The van der Waals surface area contributed by atoms with E-state index in [1.807, 2.05) is 0 Å². The number of fused-ring (bicyclic) bond motifs is 1. The third kappa shape index (κ3) is 1.07. The van der Waals surface area contributed by atoms with Gasteiger partial charge in [0, 0.05) is 0 Å². The van der Waals surface area contributed by atoms with Crippen LogP contribution in [0.25, 0.3) is 10.2 Å². The lowest BCUT2D eigenvalue weighted by molar-refractivity contribution is 0.407. The maximum absolute atomic E-state index is 5.04. The van der Waals surface area contributed by atoms with Crippen LogP contribution >= 0.6 is 27.5 Å². The van der Waals surface area contributed by atoms with Gasteiger partial charge in [0.25, 0.3) is 0 Å². The number of nitrogens with zero attached hydrogens (tertiary/aromatic N) is 3. The first-order chi connectivity index (χ1) is 5.83. The van der Waals surface area contributed by atoms with Crippen LogP contribution in [-0.2, 0) is 0 Å². The fraction of sp³-hybridized carbons (Fsp3) is 0.167. The van der Waals surface area contributed by atoms with Crippen LogP contribution in [0, 0.1) is 0 Å². The molecule has 0 saturated carbocycles. The Morgan fingerprint density at radius 1 is 1.50 bits per heavy atom. The van der Waals surface area contributed by atoms with Gasteiger partial charge in [0.05, 0.1) is 7.11 Å². The molecule has 0 aromatic carbocycles. The van der Waals surface area contributed by atoms with Gasteiger partial charge in [0.15, 0.2) is 4.83 Å². The first-order valence-corrected chi connectivity index (χ1v) is 4.69. The molecule has 4 nitrogen and oxygen atoms in total. The SMILES string of the molecule is COc1nsc2ncnc(Br)c12. The van der Waals surface area contributed by atoms with Crippen molar-refractivity contribution in [3.63, 3.8) is 0 Å². The summed E-state index contributed by atoms with van der Waals surface area (Å²) in [5.74, 6) is 0.572. The fourth-order valence-corrected chi connectivity index (χ4v) is 2.15. The van der Waals surface area contributed by atoms with Crippen LogP contribution in [0.4, 0.5) is 0 Å². The maximum atomic E-state index is 5.04. The molecule has 0 saturated heterocycles. The van der Waals surface area contributed by atoms with Crippen LogP contribution in [0.5, 0.6) is 5.88 Å². The van der Waals surface area contributed by atoms with E-state index in [1.54, 1.807) is 7.11 Å². The predicted molar refractivity (Wildman–Crippen MR) is 49.5 cm³/mol. The molecule has 0 bridgehead atoms. The average molecular weight is 246 g/mol. The van der Waals surface area contributed by atoms with Crippen LogP contribution in [0.3, 0.4) is 0 Å². The van der Waals surface area contributed by atoms with Crippen LogP contribution in [0.2, 0.25) is 0 Å². The van der Waals surface area contributed by atoms with Crippen molar-refractivity contribution >= 4 is 37.7 Å². The van der Waals surface area contributed by atoms with E-state index in [9.17, 15) is 0 Å². The zero-order valence-corrected chi connectivity index (χ0v) is 8.52. The summed E-state index contributed by atoms with van der Waals surface area (Å²) < 4.78 is 9.82. The molecule has 0 radical (unpaired) electrons. The maximum Gasteiger partial charge on any atom is 0.237 e. The van der Waals surface area contributed by atoms with Crippen molar-refractivity contribution in [2.75, 3.05) is 7.11 Å². The molecule has 0 N–H and O–H groups in total. The fourth-order valence-electron chi connectivity index (χ4n) is 0.868. The normalized spacial score (nSPS) is 10.5. The van der Waals surface area contributed by atoms with E-state index in [-0.39, 0.29) is 0 Å². The Morgan fingerprint density at radius 3 is 3.08 bits per heavy atom. The lowest BCUT2D eigenvalue weighted by Gasteiger charge is -1.94. The highest BCUT2D eigenvalue weighted by Crippen LogP contribution is 2.31. The molecular formula is C6H4BrN3OS. The molecule has 62 valence electrons. The van der Waals surface area contributed by atoms with Gasteiger partial charge in [-0.25, -0.2) is 9.97 Å². The summed E-state index contributed by atoms with van der Waals surface area (Å²) in [5, 5.41) is 0.838. The summed E-state index contributed by atoms with van der Waals surface area (Å²) in [4.78, 5) is 8.85. The molecule has 2 rings (SSSR count). The number of aromatic nitrogens is 3. The number of hydrogen-bond donors (Lipinski definition) is 0. The lowest BCUT2D eigenvalue weighted by Crippen LogP contribution is -1.84. The van der Waals surface area contributed by atoms with Gasteiger partial charge in [-0.3, -0.25) is 0 Å². The quantitative estimate of drug-likeness (QED) is 0.720. The van der Waals surface area contributed by atoms with E-state index in [0.717, 1.165) is 14.8 Å². The average Bonchev–Trinajstić information content (AvgIpc) is 2.49. The molecule has 0 spiro atoms. The largest absolute Gasteiger partial charge is 0.480 e. The van der Waals surface area contributed by atoms with Crippen molar-refractivity contribution in [1.82, 2.24) is 14.3 Å². The number of hydrogen-bond acceptors (Lipinski definition) is 5.